The highest BCUT2D eigenvalue weighted by atomic mass is 32.2. The highest BCUT2D eigenvalue weighted by Crippen LogP contribution is 2.26. The highest BCUT2D eigenvalue weighted by molar-refractivity contribution is 7.98. The molecule has 0 saturated carbocycles. The van der Waals surface area contributed by atoms with Gasteiger partial charge in [-0.2, -0.15) is 11.8 Å². The van der Waals surface area contributed by atoms with E-state index in [1.165, 1.54) is 0 Å². The number of imidazole rings is 1. The van der Waals surface area contributed by atoms with Gasteiger partial charge >= 0.3 is 0 Å². The topological polar surface area (TPSA) is 43.8 Å². The number of rotatable bonds is 4. The van der Waals surface area contributed by atoms with Crippen LogP contribution in [0.5, 0.6) is 0 Å². The molecule has 2 N–H and O–H groups in total. The summed E-state index contributed by atoms with van der Waals surface area (Å²) < 4.78 is 1.95. The van der Waals surface area contributed by atoms with Gasteiger partial charge in [-0.05, 0) is 12.0 Å². The lowest BCUT2D eigenvalue weighted by Gasteiger charge is -2.19. The van der Waals surface area contributed by atoms with E-state index in [4.69, 9.17) is 12.2 Å². The zero-order chi connectivity index (χ0) is 13.1. The molecule has 0 aliphatic heterocycles. The molecule has 0 fully saturated rings. The maximum absolute atomic E-state index is 6.12. The number of aromatic nitrogens is 2. The van der Waals surface area contributed by atoms with Crippen molar-refractivity contribution in [2.75, 3.05) is 17.7 Å². The van der Waals surface area contributed by atoms with E-state index >= 15 is 0 Å². The Labute approximate surface area is 108 Å². The van der Waals surface area contributed by atoms with E-state index < -0.39 is 0 Å². The van der Waals surface area contributed by atoms with Crippen LogP contribution in [0.2, 0.25) is 0 Å². The monoisotopic (exact) mass is 251 g/mol. The fraction of sp³-hybridized carbons (Fsp3) is 0.615. The molecule has 3 nitrogen and oxygen atoms in total. The molecule has 0 aliphatic rings. The molecule has 0 atom stereocenters. The molecule has 1 heterocycles. The summed E-state index contributed by atoms with van der Waals surface area (Å²) in [4.78, 5) is 4.67. The van der Waals surface area contributed by atoms with Crippen LogP contribution in [0.15, 0.2) is 0 Å². The predicted octanol–water partition coefficient (Wildman–Crippen LogP) is 2.30. The van der Waals surface area contributed by atoms with Gasteiger partial charge in [0.05, 0.1) is 12.2 Å². The van der Waals surface area contributed by atoms with Gasteiger partial charge < -0.3 is 10.3 Å². The van der Waals surface area contributed by atoms with Crippen molar-refractivity contribution in [1.29, 1.82) is 0 Å². The van der Waals surface area contributed by atoms with E-state index in [-0.39, 0.29) is 5.41 Å². The summed E-state index contributed by atoms with van der Waals surface area (Å²) >= 11 is 1.80. The van der Waals surface area contributed by atoms with Crippen molar-refractivity contribution in [2.45, 2.75) is 39.2 Å². The number of aryl methyl sites for hydroxylation is 1. The van der Waals surface area contributed by atoms with Crippen molar-refractivity contribution >= 4 is 17.6 Å². The van der Waals surface area contributed by atoms with Crippen molar-refractivity contribution in [3.8, 4) is 12.3 Å². The second-order valence-electron chi connectivity index (χ2n) is 5.05. The van der Waals surface area contributed by atoms with Gasteiger partial charge in [0.2, 0.25) is 0 Å². The molecule has 1 rings (SSSR count). The number of hydrogen-bond acceptors (Lipinski definition) is 3. The number of hydrogen-bond donors (Lipinski definition) is 1. The van der Waals surface area contributed by atoms with Gasteiger partial charge in [0, 0.05) is 11.8 Å². The van der Waals surface area contributed by atoms with Crippen molar-refractivity contribution in [1.82, 2.24) is 9.55 Å². The van der Waals surface area contributed by atoms with Crippen LogP contribution in [0.1, 0.15) is 32.3 Å². The van der Waals surface area contributed by atoms with Crippen LogP contribution < -0.4 is 5.73 Å². The summed E-state index contributed by atoms with van der Waals surface area (Å²) in [6, 6.07) is 0. The summed E-state index contributed by atoms with van der Waals surface area (Å²) in [5.74, 6) is 5.37. The predicted molar refractivity (Wildman–Crippen MR) is 76.3 cm³/mol. The molecule has 0 radical (unpaired) electrons. The maximum atomic E-state index is 6.12. The standard InChI is InChI=1S/C13H21N3S/c1-6-8-16-11(14)10(7-9-17-5)15-12(16)13(2,3)4/h1H,7-9,14H2,2-5H3. The molecular formula is C13H21N3S. The molecule has 17 heavy (non-hydrogen) atoms. The maximum Gasteiger partial charge on any atom is 0.127 e. The Bertz CT molecular complexity index is 421. The lowest BCUT2D eigenvalue weighted by atomic mass is 9.95. The van der Waals surface area contributed by atoms with Crippen LogP contribution in [-0.2, 0) is 18.4 Å². The first kappa shape index (κ1) is 14.0. The van der Waals surface area contributed by atoms with E-state index in [2.05, 4.69) is 37.9 Å². The van der Waals surface area contributed by atoms with E-state index in [0.29, 0.717) is 6.54 Å². The van der Waals surface area contributed by atoms with Gasteiger partial charge in [0.25, 0.3) is 0 Å². The smallest absolute Gasteiger partial charge is 0.127 e. The zero-order valence-corrected chi connectivity index (χ0v) is 11.9. The van der Waals surface area contributed by atoms with Crippen LogP contribution in [0, 0.1) is 12.3 Å². The first-order valence-corrected chi connectivity index (χ1v) is 7.09. The largest absolute Gasteiger partial charge is 0.384 e. The average Bonchev–Trinajstić information content (AvgIpc) is 2.54. The molecule has 0 aliphatic carbocycles. The Morgan fingerprint density at radius 2 is 2.12 bits per heavy atom. The molecule has 0 spiro atoms. The van der Waals surface area contributed by atoms with E-state index in [1.807, 2.05) is 4.57 Å². The summed E-state index contributed by atoms with van der Waals surface area (Å²) in [6.45, 7) is 6.87. The first-order chi connectivity index (χ1) is 7.91. The minimum Gasteiger partial charge on any atom is -0.384 e. The van der Waals surface area contributed by atoms with Crippen molar-refractivity contribution < 1.29 is 0 Å². The fourth-order valence-corrected chi connectivity index (χ4v) is 2.12. The number of terminal acetylenes is 1. The fourth-order valence-electron chi connectivity index (χ4n) is 1.72. The Kier molecular flexibility index (Phi) is 4.53. The van der Waals surface area contributed by atoms with Crippen molar-refractivity contribution in [2.24, 2.45) is 0 Å². The highest BCUT2D eigenvalue weighted by Gasteiger charge is 2.24. The normalized spacial score (nSPS) is 11.5. The minimum atomic E-state index is -0.0391. The minimum absolute atomic E-state index is 0.0391. The molecule has 1 aromatic rings. The van der Waals surface area contributed by atoms with E-state index in [1.54, 1.807) is 11.8 Å². The second kappa shape index (κ2) is 5.50. The van der Waals surface area contributed by atoms with E-state index in [9.17, 15) is 0 Å². The van der Waals surface area contributed by atoms with Gasteiger partial charge in [-0.3, -0.25) is 0 Å². The number of anilines is 1. The Balaban J connectivity index is 3.16. The molecule has 0 unspecified atom stereocenters. The van der Waals surface area contributed by atoms with E-state index in [0.717, 1.165) is 29.5 Å². The summed E-state index contributed by atoms with van der Waals surface area (Å²) in [7, 11) is 0. The average molecular weight is 251 g/mol. The third kappa shape index (κ3) is 3.19. The molecule has 0 bridgehead atoms. The Morgan fingerprint density at radius 1 is 1.47 bits per heavy atom. The number of nitrogens with zero attached hydrogens (tertiary/aromatic N) is 2. The molecule has 0 amide bonds. The lowest BCUT2D eigenvalue weighted by molar-refractivity contribution is 0.516. The molecule has 94 valence electrons. The van der Waals surface area contributed by atoms with Gasteiger partial charge in [-0.15, -0.1) is 6.42 Å². The van der Waals surface area contributed by atoms with Crippen LogP contribution in [-0.4, -0.2) is 21.6 Å². The number of thioether (sulfide) groups is 1. The molecule has 0 aromatic carbocycles. The SMILES string of the molecule is C#CCn1c(C(C)(C)C)nc(CCSC)c1N. The quantitative estimate of drug-likeness (QED) is 0.835. The van der Waals surface area contributed by atoms with Crippen LogP contribution in [0.4, 0.5) is 5.82 Å². The Hall–Kier alpha value is -1.08. The summed E-state index contributed by atoms with van der Waals surface area (Å²) in [6.07, 6.45) is 8.37. The van der Waals surface area contributed by atoms with Crippen LogP contribution in [0.25, 0.3) is 0 Å². The Morgan fingerprint density at radius 3 is 2.59 bits per heavy atom. The first-order valence-electron chi connectivity index (χ1n) is 5.69. The van der Waals surface area contributed by atoms with Gasteiger partial charge in [-0.1, -0.05) is 26.7 Å². The zero-order valence-electron chi connectivity index (χ0n) is 11.1. The summed E-state index contributed by atoms with van der Waals surface area (Å²) in [5, 5.41) is 0. The summed E-state index contributed by atoms with van der Waals surface area (Å²) in [5.41, 5.74) is 7.06. The third-order valence-electron chi connectivity index (χ3n) is 2.55. The van der Waals surface area contributed by atoms with Gasteiger partial charge in [0.15, 0.2) is 0 Å². The third-order valence-corrected chi connectivity index (χ3v) is 3.16. The van der Waals surface area contributed by atoms with Crippen molar-refractivity contribution in [3.63, 3.8) is 0 Å². The van der Waals surface area contributed by atoms with Gasteiger partial charge in [-0.25, -0.2) is 4.98 Å². The van der Waals surface area contributed by atoms with Crippen molar-refractivity contribution in [3.05, 3.63) is 11.5 Å². The number of nitrogen functional groups attached to an aromatic ring is 1. The lowest BCUT2D eigenvalue weighted by Crippen LogP contribution is -2.19. The number of nitrogens with two attached hydrogens (primary N) is 1. The molecule has 0 saturated heterocycles. The van der Waals surface area contributed by atoms with Crippen LogP contribution in [0.3, 0.4) is 0 Å². The molecule has 4 heteroatoms. The molecular weight excluding hydrogens is 230 g/mol. The molecule has 1 aromatic heterocycles. The van der Waals surface area contributed by atoms with Gasteiger partial charge in [0.1, 0.15) is 11.6 Å². The van der Waals surface area contributed by atoms with Crippen LogP contribution >= 0.6 is 11.8 Å². The second-order valence-corrected chi connectivity index (χ2v) is 6.04.